The Morgan fingerprint density at radius 2 is 2.12 bits per heavy atom. The van der Waals surface area contributed by atoms with E-state index in [1.54, 1.807) is 20.1 Å². The molecule has 0 radical (unpaired) electrons. The van der Waals surface area contributed by atoms with Crippen LogP contribution in [0, 0.1) is 0 Å². The van der Waals surface area contributed by atoms with E-state index in [0.29, 0.717) is 23.6 Å². The summed E-state index contributed by atoms with van der Waals surface area (Å²) in [4.78, 5) is 24.3. The van der Waals surface area contributed by atoms with Crippen LogP contribution in [-0.2, 0) is 9.53 Å². The summed E-state index contributed by atoms with van der Waals surface area (Å²) >= 11 is 3.43. The molecule has 0 fully saturated rings. The van der Waals surface area contributed by atoms with E-state index in [1.165, 1.54) is 0 Å². The maximum Gasteiger partial charge on any atom is 0.338 e. The van der Waals surface area contributed by atoms with Gasteiger partial charge in [-0.3, -0.25) is 0 Å². The van der Waals surface area contributed by atoms with Gasteiger partial charge in [0.25, 0.3) is 0 Å². The van der Waals surface area contributed by atoms with Gasteiger partial charge in [0, 0.05) is 5.70 Å². The Kier molecular flexibility index (Phi) is 6.25. The summed E-state index contributed by atoms with van der Waals surface area (Å²) < 4.78 is 11.3. The minimum absolute atomic E-state index is 0.352. The van der Waals surface area contributed by atoms with E-state index in [1.807, 2.05) is 19.1 Å². The van der Waals surface area contributed by atoms with Gasteiger partial charge in [-0.05, 0) is 47.0 Å². The van der Waals surface area contributed by atoms with Crippen molar-refractivity contribution < 1.29 is 19.1 Å². The number of amides is 2. The van der Waals surface area contributed by atoms with E-state index in [4.69, 9.17) is 9.47 Å². The number of carbonyl (C=O) groups is 2. The quantitative estimate of drug-likeness (QED) is 0.570. The molecule has 2 amide bonds. The number of allylic oxidation sites excluding steroid dienone is 1. The SMILES string of the molecule is CCCCOC(=O)C1=C(C)NC(=O)N[C@@H]1c1ccc(OC)c(Br)c1. The molecule has 2 N–H and O–H groups in total. The van der Waals surface area contributed by atoms with Gasteiger partial charge in [-0.1, -0.05) is 19.4 Å². The summed E-state index contributed by atoms with van der Waals surface area (Å²) in [5.74, 6) is 0.247. The summed E-state index contributed by atoms with van der Waals surface area (Å²) in [6, 6.07) is 4.49. The third-order valence-electron chi connectivity index (χ3n) is 3.73. The smallest absolute Gasteiger partial charge is 0.338 e. The number of methoxy groups -OCH3 is 1. The summed E-state index contributed by atoms with van der Waals surface area (Å²) in [6.07, 6.45) is 1.74. The van der Waals surface area contributed by atoms with Crippen molar-refractivity contribution in [2.24, 2.45) is 0 Å². The molecule has 0 aromatic heterocycles. The van der Waals surface area contributed by atoms with Crippen molar-refractivity contribution >= 4 is 27.9 Å². The third-order valence-corrected chi connectivity index (χ3v) is 4.35. The number of urea groups is 1. The largest absolute Gasteiger partial charge is 0.496 e. The maximum absolute atomic E-state index is 12.5. The summed E-state index contributed by atoms with van der Waals surface area (Å²) in [5.41, 5.74) is 1.67. The summed E-state index contributed by atoms with van der Waals surface area (Å²) in [6.45, 7) is 4.08. The Labute approximate surface area is 149 Å². The Morgan fingerprint density at radius 1 is 1.38 bits per heavy atom. The van der Waals surface area contributed by atoms with E-state index in [0.717, 1.165) is 22.9 Å². The van der Waals surface area contributed by atoms with Gasteiger partial charge in [-0.25, -0.2) is 9.59 Å². The molecule has 2 rings (SSSR count). The molecule has 1 aromatic carbocycles. The first-order chi connectivity index (χ1) is 11.5. The van der Waals surface area contributed by atoms with E-state index < -0.39 is 12.0 Å². The molecule has 0 bridgehead atoms. The summed E-state index contributed by atoms with van der Waals surface area (Å²) in [7, 11) is 1.58. The van der Waals surface area contributed by atoms with Crippen molar-refractivity contribution in [3.8, 4) is 5.75 Å². The lowest BCUT2D eigenvalue weighted by atomic mass is 9.95. The molecular weight excluding hydrogens is 376 g/mol. The number of ether oxygens (including phenoxy) is 2. The van der Waals surface area contributed by atoms with E-state index in [9.17, 15) is 9.59 Å². The van der Waals surface area contributed by atoms with Crippen LogP contribution >= 0.6 is 15.9 Å². The van der Waals surface area contributed by atoms with Crippen LogP contribution in [0.2, 0.25) is 0 Å². The molecule has 1 heterocycles. The van der Waals surface area contributed by atoms with Gasteiger partial charge in [0.2, 0.25) is 0 Å². The van der Waals surface area contributed by atoms with E-state index >= 15 is 0 Å². The van der Waals surface area contributed by atoms with Crippen LogP contribution in [0.15, 0.2) is 33.9 Å². The van der Waals surface area contributed by atoms with Crippen LogP contribution in [-0.4, -0.2) is 25.7 Å². The summed E-state index contributed by atoms with van der Waals surface area (Å²) in [5, 5.41) is 5.41. The molecule has 1 aliphatic rings. The molecule has 0 saturated heterocycles. The zero-order chi connectivity index (χ0) is 17.7. The van der Waals surface area contributed by atoms with Crippen molar-refractivity contribution in [3.05, 3.63) is 39.5 Å². The highest BCUT2D eigenvalue weighted by molar-refractivity contribution is 9.10. The molecular formula is C17H21BrN2O4. The van der Waals surface area contributed by atoms with Crippen molar-refractivity contribution in [2.45, 2.75) is 32.7 Å². The van der Waals surface area contributed by atoms with Crippen LogP contribution in [0.3, 0.4) is 0 Å². The number of carbonyl (C=O) groups excluding carboxylic acids is 2. The van der Waals surface area contributed by atoms with Crippen molar-refractivity contribution in [1.82, 2.24) is 10.6 Å². The van der Waals surface area contributed by atoms with Gasteiger partial charge in [0.1, 0.15) is 5.75 Å². The first-order valence-corrected chi connectivity index (χ1v) is 8.56. The third kappa shape index (κ3) is 4.08. The average Bonchev–Trinajstić information content (AvgIpc) is 2.54. The minimum Gasteiger partial charge on any atom is -0.496 e. The maximum atomic E-state index is 12.5. The number of esters is 1. The zero-order valence-electron chi connectivity index (χ0n) is 13.9. The molecule has 1 aromatic rings. The highest BCUT2D eigenvalue weighted by atomic mass is 79.9. The van der Waals surface area contributed by atoms with Crippen LogP contribution < -0.4 is 15.4 Å². The second-order valence-electron chi connectivity index (χ2n) is 5.45. The number of rotatable bonds is 6. The Morgan fingerprint density at radius 3 is 2.75 bits per heavy atom. The minimum atomic E-state index is -0.574. The van der Waals surface area contributed by atoms with E-state index in [-0.39, 0.29) is 6.03 Å². The molecule has 7 heteroatoms. The van der Waals surface area contributed by atoms with Crippen molar-refractivity contribution in [2.75, 3.05) is 13.7 Å². The molecule has 130 valence electrons. The van der Waals surface area contributed by atoms with Crippen LogP contribution in [0.1, 0.15) is 38.3 Å². The van der Waals surface area contributed by atoms with Gasteiger partial charge in [-0.15, -0.1) is 0 Å². The molecule has 24 heavy (non-hydrogen) atoms. The van der Waals surface area contributed by atoms with E-state index in [2.05, 4.69) is 26.6 Å². The lowest BCUT2D eigenvalue weighted by Gasteiger charge is -2.28. The predicted molar refractivity (Wildman–Crippen MR) is 93.7 cm³/mol. The number of hydrogen-bond acceptors (Lipinski definition) is 4. The first kappa shape index (κ1) is 18.3. The molecule has 0 saturated carbocycles. The first-order valence-electron chi connectivity index (χ1n) is 7.76. The fraction of sp³-hybridized carbons (Fsp3) is 0.412. The number of nitrogens with one attached hydrogen (secondary N) is 2. The number of hydrogen-bond donors (Lipinski definition) is 2. The normalized spacial score (nSPS) is 17.2. The van der Waals surface area contributed by atoms with Gasteiger partial charge >= 0.3 is 12.0 Å². The average molecular weight is 397 g/mol. The second kappa shape index (κ2) is 8.19. The molecule has 0 spiro atoms. The highest BCUT2D eigenvalue weighted by Gasteiger charge is 2.32. The number of halogens is 1. The molecule has 0 aliphatic carbocycles. The zero-order valence-corrected chi connectivity index (χ0v) is 15.5. The lowest BCUT2D eigenvalue weighted by molar-refractivity contribution is -0.139. The molecule has 1 aliphatic heterocycles. The Balaban J connectivity index is 2.34. The standard InChI is InChI=1S/C17H21BrN2O4/c1-4-5-8-24-16(21)14-10(2)19-17(22)20-15(14)11-6-7-13(23-3)12(18)9-11/h6-7,9,15H,4-5,8H2,1-3H3,(H2,19,20,22)/t15-/m1/s1. The topological polar surface area (TPSA) is 76.7 Å². The lowest BCUT2D eigenvalue weighted by Crippen LogP contribution is -2.45. The van der Waals surface area contributed by atoms with Crippen LogP contribution in [0.25, 0.3) is 0 Å². The van der Waals surface area contributed by atoms with Gasteiger partial charge in [0.15, 0.2) is 0 Å². The Bertz CT molecular complexity index is 673. The fourth-order valence-electron chi connectivity index (χ4n) is 2.46. The predicted octanol–water partition coefficient (Wildman–Crippen LogP) is 3.43. The van der Waals surface area contributed by atoms with Gasteiger partial charge in [-0.2, -0.15) is 0 Å². The molecule has 6 nitrogen and oxygen atoms in total. The monoisotopic (exact) mass is 396 g/mol. The van der Waals surface area contributed by atoms with Gasteiger partial charge in [0.05, 0.1) is 29.8 Å². The second-order valence-corrected chi connectivity index (χ2v) is 6.31. The fourth-order valence-corrected chi connectivity index (χ4v) is 3.02. The van der Waals surface area contributed by atoms with Crippen molar-refractivity contribution in [3.63, 3.8) is 0 Å². The van der Waals surface area contributed by atoms with Crippen LogP contribution in [0.5, 0.6) is 5.75 Å². The highest BCUT2D eigenvalue weighted by Crippen LogP contribution is 2.33. The Hall–Kier alpha value is -2.02. The number of unbranched alkanes of at least 4 members (excludes halogenated alkanes) is 1. The van der Waals surface area contributed by atoms with Gasteiger partial charge < -0.3 is 20.1 Å². The number of benzene rings is 1. The molecule has 0 unspecified atom stereocenters. The molecule has 1 atom stereocenters. The van der Waals surface area contributed by atoms with Crippen molar-refractivity contribution in [1.29, 1.82) is 0 Å². The van der Waals surface area contributed by atoms with Crippen LogP contribution in [0.4, 0.5) is 4.79 Å².